The number of rotatable bonds is 11. The zero-order valence-corrected chi connectivity index (χ0v) is 23.6. The van der Waals surface area contributed by atoms with Crippen molar-refractivity contribution in [1.82, 2.24) is 10.2 Å². The number of aryl methyl sites for hydroxylation is 3. The summed E-state index contributed by atoms with van der Waals surface area (Å²) in [7, 11) is -4.07. The number of benzene rings is 3. The molecule has 1 N–H and O–H groups in total. The average Bonchev–Trinajstić information content (AvgIpc) is 2.88. The molecule has 0 bridgehead atoms. The number of sulfonamides is 1. The molecule has 0 heterocycles. The maximum Gasteiger partial charge on any atom is 0.264 e. The first kappa shape index (κ1) is 28.9. The molecule has 3 rings (SSSR count). The Hall–Kier alpha value is -3.65. The van der Waals surface area contributed by atoms with Gasteiger partial charge in [-0.15, -0.1) is 0 Å². The summed E-state index contributed by atoms with van der Waals surface area (Å²) in [5.74, 6) is -0.722. The molecule has 0 aliphatic heterocycles. The Bertz CT molecular complexity index is 1350. The molecule has 8 heteroatoms. The fourth-order valence-electron chi connectivity index (χ4n) is 4.30. The van der Waals surface area contributed by atoms with E-state index >= 15 is 0 Å². The van der Waals surface area contributed by atoms with Gasteiger partial charge in [-0.2, -0.15) is 0 Å². The molecular formula is C30H37N3O4S. The number of likely N-dealkylation sites (N-methyl/N-ethyl adjacent to an activating group) is 1. The molecule has 2 amide bonds. The quantitative estimate of drug-likeness (QED) is 0.384. The van der Waals surface area contributed by atoms with Crippen LogP contribution in [0, 0.1) is 20.8 Å². The highest BCUT2D eigenvalue weighted by Crippen LogP contribution is 2.25. The van der Waals surface area contributed by atoms with Crippen molar-refractivity contribution in [3.05, 3.63) is 95.1 Å². The van der Waals surface area contributed by atoms with Crippen LogP contribution in [0.4, 0.5) is 5.69 Å². The predicted molar refractivity (Wildman–Crippen MR) is 151 cm³/mol. The van der Waals surface area contributed by atoms with E-state index in [0.717, 1.165) is 26.6 Å². The van der Waals surface area contributed by atoms with Crippen molar-refractivity contribution in [2.45, 2.75) is 58.5 Å². The molecule has 0 saturated heterocycles. The molecule has 0 aliphatic rings. The second-order valence-electron chi connectivity index (χ2n) is 9.49. The van der Waals surface area contributed by atoms with Gasteiger partial charge in [0.05, 0.1) is 10.6 Å². The average molecular weight is 536 g/mol. The van der Waals surface area contributed by atoms with Crippen molar-refractivity contribution in [2.24, 2.45) is 0 Å². The van der Waals surface area contributed by atoms with Crippen LogP contribution in [-0.2, 0) is 26.2 Å². The third kappa shape index (κ3) is 7.01. The van der Waals surface area contributed by atoms with E-state index in [1.807, 2.05) is 71.0 Å². The Morgan fingerprint density at radius 1 is 0.842 bits per heavy atom. The third-order valence-electron chi connectivity index (χ3n) is 6.38. The third-order valence-corrected chi connectivity index (χ3v) is 8.17. The highest BCUT2D eigenvalue weighted by Gasteiger charge is 2.33. The highest BCUT2D eigenvalue weighted by molar-refractivity contribution is 7.92. The zero-order valence-electron chi connectivity index (χ0n) is 22.8. The van der Waals surface area contributed by atoms with E-state index in [0.29, 0.717) is 18.7 Å². The Kier molecular flexibility index (Phi) is 9.69. The second kappa shape index (κ2) is 12.7. The molecule has 0 spiro atoms. The van der Waals surface area contributed by atoms with Gasteiger partial charge in [0.25, 0.3) is 10.0 Å². The lowest BCUT2D eigenvalue weighted by molar-refractivity contribution is -0.140. The largest absolute Gasteiger partial charge is 0.355 e. The van der Waals surface area contributed by atoms with Crippen LogP contribution < -0.4 is 9.62 Å². The maximum atomic E-state index is 14.0. The monoisotopic (exact) mass is 535 g/mol. The molecule has 0 radical (unpaired) electrons. The van der Waals surface area contributed by atoms with Gasteiger partial charge in [0.15, 0.2) is 0 Å². The van der Waals surface area contributed by atoms with Gasteiger partial charge in [0.1, 0.15) is 12.6 Å². The first-order chi connectivity index (χ1) is 18.1. The summed E-state index contributed by atoms with van der Waals surface area (Å²) in [6.07, 6.45) is 0.388. The van der Waals surface area contributed by atoms with Gasteiger partial charge < -0.3 is 10.2 Å². The van der Waals surface area contributed by atoms with Crippen molar-refractivity contribution in [1.29, 1.82) is 0 Å². The van der Waals surface area contributed by atoms with Crippen LogP contribution in [-0.4, -0.2) is 44.3 Å². The lowest BCUT2D eigenvalue weighted by Crippen LogP contribution is -2.52. The molecule has 0 fully saturated rings. The van der Waals surface area contributed by atoms with Gasteiger partial charge in [0.2, 0.25) is 11.8 Å². The number of nitrogens with one attached hydrogen (secondary N) is 1. The van der Waals surface area contributed by atoms with E-state index in [1.165, 1.54) is 4.90 Å². The van der Waals surface area contributed by atoms with Crippen molar-refractivity contribution in [3.8, 4) is 0 Å². The number of hydrogen-bond donors (Lipinski definition) is 1. The lowest BCUT2D eigenvalue weighted by Gasteiger charge is -2.33. The van der Waals surface area contributed by atoms with E-state index in [-0.39, 0.29) is 17.3 Å². The normalized spacial score (nSPS) is 12.0. The number of nitrogens with zero attached hydrogens (tertiary/aromatic N) is 2. The first-order valence-electron chi connectivity index (χ1n) is 12.9. The molecule has 1 unspecified atom stereocenters. The van der Waals surface area contributed by atoms with Crippen LogP contribution in [0.3, 0.4) is 0 Å². The summed E-state index contributed by atoms with van der Waals surface area (Å²) < 4.78 is 28.8. The Balaban J connectivity index is 2.05. The molecule has 38 heavy (non-hydrogen) atoms. The van der Waals surface area contributed by atoms with Gasteiger partial charge in [-0.1, -0.05) is 72.1 Å². The van der Waals surface area contributed by atoms with Crippen LogP contribution in [0.15, 0.2) is 77.7 Å². The van der Waals surface area contributed by atoms with Crippen LogP contribution in [0.5, 0.6) is 0 Å². The molecule has 0 saturated carbocycles. The number of hydrogen-bond acceptors (Lipinski definition) is 4. The molecular weight excluding hydrogens is 498 g/mol. The molecule has 0 aromatic heterocycles. The standard InChI is InChI=1S/C30H37N3O4S/c1-6-28(30(35)31-7-2)32(20-25-10-8-9-24(5)19-25)29(34)21-33(26-15-11-22(3)12-16-26)38(36,37)27-17-13-23(4)14-18-27/h8-19,28H,6-7,20-21H2,1-5H3,(H,31,35). The van der Waals surface area contributed by atoms with Crippen molar-refractivity contribution >= 4 is 27.5 Å². The fraction of sp³-hybridized carbons (Fsp3) is 0.333. The van der Waals surface area contributed by atoms with Gasteiger partial charge in [-0.3, -0.25) is 13.9 Å². The Morgan fingerprint density at radius 2 is 1.45 bits per heavy atom. The van der Waals surface area contributed by atoms with Gasteiger partial charge in [-0.05, 0) is 63.9 Å². The highest BCUT2D eigenvalue weighted by atomic mass is 32.2. The van der Waals surface area contributed by atoms with Gasteiger partial charge in [-0.25, -0.2) is 8.42 Å². The summed E-state index contributed by atoms with van der Waals surface area (Å²) in [6.45, 7) is 9.59. The van der Waals surface area contributed by atoms with Gasteiger partial charge >= 0.3 is 0 Å². The van der Waals surface area contributed by atoms with Crippen molar-refractivity contribution in [2.75, 3.05) is 17.4 Å². The van der Waals surface area contributed by atoms with Crippen LogP contribution in [0.2, 0.25) is 0 Å². The molecule has 7 nitrogen and oxygen atoms in total. The number of anilines is 1. The molecule has 3 aromatic rings. The fourth-order valence-corrected chi connectivity index (χ4v) is 5.71. The second-order valence-corrected chi connectivity index (χ2v) is 11.4. The smallest absolute Gasteiger partial charge is 0.264 e. The van der Waals surface area contributed by atoms with Crippen LogP contribution in [0.1, 0.15) is 42.5 Å². The van der Waals surface area contributed by atoms with Crippen LogP contribution in [0.25, 0.3) is 0 Å². The number of carbonyl (C=O) groups is 2. The summed E-state index contributed by atoms with van der Waals surface area (Å²) >= 11 is 0. The minimum absolute atomic E-state index is 0.0949. The van der Waals surface area contributed by atoms with Crippen molar-refractivity contribution in [3.63, 3.8) is 0 Å². The van der Waals surface area contributed by atoms with E-state index in [9.17, 15) is 18.0 Å². The lowest BCUT2D eigenvalue weighted by atomic mass is 10.1. The topological polar surface area (TPSA) is 86.8 Å². The molecule has 0 aliphatic carbocycles. The summed E-state index contributed by atoms with van der Waals surface area (Å²) in [4.78, 5) is 28.5. The minimum Gasteiger partial charge on any atom is -0.355 e. The first-order valence-corrected chi connectivity index (χ1v) is 14.3. The molecule has 3 aromatic carbocycles. The van der Waals surface area contributed by atoms with E-state index in [1.54, 1.807) is 36.4 Å². The van der Waals surface area contributed by atoms with Gasteiger partial charge in [0, 0.05) is 13.1 Å². The summed E-state index contributed by atoms with van der Waals surface area (Å²) in [5, 5.41) is 2.82. The van der Waals surface area contributed by atoms with E-state index in [2.05, 4.69) is 5.32 Å². The number of carbonyl (C=O) groups excluding carboxylic acids is 2. The van der Waals surface area contributed by atoms with Crippen molar-refractivity contribution < 1.29 is 18.0 Å². The SMILES string of the molecule is CCNC(=O)C(CC)N(Cc1cccc(C)c1)C(=O)CN(c1ccc(C)cc1)S(=O)(=O)c1ccc(C)cc1. The van der Waals surface area contributed by atoms with Crippen LogP contribution >= 0.6 is 0 Å². The number of amides is 2. The Morgan fingerprint density at radius 3 is 2.00 bits per heavy atom. The van der Waals surface area contributed by atoms with E-state index < -0.39 is 28.5 Å². The summed E-state index contributed by atoms with van der Waals surface area (Å²) in [6, 6.07) is 20.6. The summed E-state index contributed by atoms with van der Waals surface area (Å²) in [5.41, 5.74) is 4.18. The molecule has 202 valence electrons. The zero-order chi connectivity index (χ0) is 27.9. The molecule has 1 atom stereocenters. The predicted octanol–water partition coefficient (Wildman–Crippen LogP) is 4.75. The van der Waals surface area contributed by atoms with E-state index in [4.69, 9.17) is 0 Å². The minimum atomic E-state index is -4.07. The maximum absolute atomic E-state index is 14.0. The Labute approximate surface area is 226 Å².